The molecule has 0 bridgehead atoms. The SMILES string of the molecule is CC/C=C\C/C=C\C/C=C\C/C=C\C/C=C\CC(=O)OCC(COCCCCCCCCCCCCCCCC)OC(=O)CCCCCCC/C=C\C/C=C\CCCCC. The van der Waals surface area contributed by atoms with E-state index in [1.54, 1.807) is 0 Å². The van der Waals surface area contributed by atoms with Crippen molar-refractivity contribution in [1.82, 2.24) is 0 Å². The average molecular weight is 835 g/mol. The van der Waals surface area contributed by atoms with Gasteiger partial charge < -0.3 is 14.2 Å². The third-order valence-corrected chi connectivity index (χ3v) is 10.4. The summed E-state index contributed by atoms with van der Waals surface area (Å²) in [5.74, 6) is -0.558. The van der Waals surface area contributed by atoms with Crippen LogP contribution in [0.25, 0.3) is 0 Å². The first kappa shape index (κ1) is 57.1. The first-order valence-electron chi connectivity index (χ1n) is 25.1. The minimum atomic E-state index is -0.584. The number of carbonyl (C=O) groups is 2. The molecule has 0 spiro atoms. The maximum atomic E-state index is 12.8. The van der Waals surface area contributed by atoms with Crippen LogP contribution in [0.1, 0.15) is 226 Å². The summed E-state index contributed by atoms with van der Waals surface area (Å²) in [6.45, 7) is 7.58. The third-order valence-electron chi connectivity index (χ3n) is 10.4. The molecule has 0 saturated carbocycles. The van der Waals surface area contributed by atoms with Crippen LogP contribution in [-0.4, -0.2) is 37.9 Å². The van der Waals surface area contributed by atoms with Crippen molar-refractivity contribution in [2.45, 2.75) is 232 Å². The molecule has 0 saturated heterocycles. The monoisotopic (exact) mass is 835 g/mol. The minimum Gasteiger partial charge on any atom is -0.461 e. The maximum absolute atomic E-state index is 12.8. The van der Waals surface area contributed by atoms with Gasteiger partial charge in [0.2, 0.25) is 0 Å². The van der Waals surface area contributed by atoms with E-state index in [2.05, 4.69) is 93.7 Å². The van der Waals surface area contributed by atoms with E-state index in [1.807, 2.05) is 12.2 Å². The van der Waals surface area contributed by atoms with Gasteiger partial charge in [0.15, 0.2) is 6.10 Å². The highest BCUT2D eigenvalue weighted by atomic mass is 16.6. The van der Waals surface area contributed by atoms with Crippen LogP contribution >= 0.6 is 0 Å². The molecule has 0 aromatic rings. The Morgan fingerprint density at radius 2 is 0.800 bits per heavy atom. The quantitative estimate of drug-likeness (QED) is 0.0347. The lowest BCUT2D eigenvalue weighted by Crippen LogP contribution is -2.30. The second-order valence-corrected chi connectivity index (χ2v) is 16.4. The van der Waals surface area contributed by atoms with E-state index < -0.39 is 6.10 Å². The fourth-order valence-corrected chi connectivity index (χ4v) is 6.73. The Morgan fingerprint density at radius 3 is 1.32 bits per heavy atom. The summed E-state index contributed by atoms with van der Waals surface area (Å²) in [7, 11) is 0. The Bertz CT molecular complexity index is 1130. The standard InChI is InChI=1S/C55H94O5/c1-4-7-10-13-16-19-22-25-28-30-33-36-39-42-45-48-54(56)59-52-53(51-58-50-47-44-41-38-35-32-27-24-21-18-15-12-9-6-3)60-55(57)49-46-43-40-37-34-31-29-26-23-20-17-14-11-8-5-2/h7,10,16-17,19-20,25-26,28-29,33,36,42,45,53H,4-6,8-9,11-15,18,21-24,27,30-32,34-35,37-41,43-44,46-52H2,1-3H3/b10-7-,19-16-,20-17-,28-25-,29-26-,36-33-,45-42-. The molecule has 0 aliphatic rings. The number of hydrogen-bond acceptors (Lipinski definition) is 5. The fraction of sp³-hybridized carbons (Fsp3) is 0.709. The van der Waals surface area contributed by atoms with E-state index in [0.717, 1.165) is 77.0 Å². The van der Waals surface area contributed by atoms with Crippen LogP contribution in [0, 0.1) is 0 Å². The molecule has 0 aliphatic carbocycles. The molecule has 5 nitrogen and oxygen atoms in total. The van der Waals surface area contributed by atoms with Crippen molar-refractivity contribution >= 4 is 11.9 Å². The van der Waals surface area contributed by atoms with Crippen LogP contribution in [0.3, 0.4) is 0 Å². The van der Waals surface area contributed by atoms with Gasteiger partial charge in [0.25, 0.3) is 0 Å². The summed E-state index contributed by atoms with van der Waals surface area (Å²) in [5, 5.41) is 0. The van der Waals surface area contributed by atoms with E-state index in [1.165, 1.54) is 116 Å². The largest absolute Gasteiger partial charge is 0.461 e. The lowest BCUT2D eigenvalue weighted by atomic mass is 10.0. The van der Waals surface area contributed by atoms with Crippen LogP contribution in [0.2, 0.25) is 0 Å². The number of carbonyl (C=O) groups excluding carboxylic acids is 2. The lowest BCUT2D eigenvalue weighted by molar-refractivity contribution is -0.162. The molecular weight excluding hydrogens is 741 g/mol. The molecule has 0 radical (unpaired) electrons. The Hall–Kier alpha value is -2.92. The molecule has 0 fully saturated rings. The van der Waals surface area contributed by atoms with Crippen molar-refractivity contribution < 1.29 is 23.8 Å². The van der Waals surface area contributed by atoms with Crippen molar-refractivity contribution in [3.63, 3.8) is 0 Å². The minimum absolute atomic E-state index is 0.0240. The Morgan fingerprint density at radius 1 is 0.400 bits per heavy atom. The van der Waals surface area contributed by atoms with Crippen LogP contribution < -0.4 is 0 Å². The first-order valence-corrected chi connectivity index (χ1v) is 25.1. The van der Waals surface area contributed by atoms with Gasteiger partial charge in [0, 0.05) is 13.0 Å². The molecule has 0 heterocycles. The van der Waals surface area contributed by atoms with E-state index in [0.29, 0.717) is 13.0 Å². The molecule has 60 heavy (non-hydrogen) atoms. The van der Waals surface area contributed by atoms with E-state index in [9.17, 15) is 9.59 Å². The first-order chi connectivity index (χ1) is 29.6. The predicted molar refractivity (Wildman–Crippen MR) is 260 cm³/mol. The second-order valence-electron chi connectivity index (χ2n) is 16.4. The van der Waals surface area contributed by atoms with Gasteiger partial charge in [-0.2, -0.15) is 0 Å². The molecule has 1 unspecified atom stereocenters. The summed E-state index contributed by atoms with van der Waals surface area (Å²) >= 11 is 0. The van der Waals surface area contributed by atoms with Gasteiger partial charge in [-0.3, -0.25) is 9.59 Å². The van der Waals surface area contributed by atoms with Gasteiger partial charge in [0.05, 0.1) is 13.0 Å². The Labute approximate surface area is 371 Å². The highest BCUT2D eigenvalue weighted by molar-refractivity contribution is 5.71. The number of hydrogen-bond donors (Lipinski definition) is 0. The molecule has 0 rings (SSSR count). The van der Waals surface area contributed by atoms with Crippen molar-refractivity contribution in [3.05, 3.63) is 85.1 Å². The fourth-order valence-electron chi connectivity index (χ4n) is 6.73. The summed E-state index contributed by atoms with van der Waals surface area (Å²) in [4.78, 5) is 25.3. The molecule has 0 amide bonds. The zero-order valence-corrected chi connectivity index (χ0v) is 39.5. The molecule has 344 valence electrons. The van der Waals surface area contributed by atoms with E-state index in [4.69, 9.17) is 14.2 Å². The van der Waals surface area contributed by atoms with Gasteiger partial charge in [-0.25, -0.2) is 0 Å². The molecular formula is C55H94O5. The van der Waals surface area contributed by atoms with E-state index >= 15 is 0 Å². The summed E-state index contributed by atoms with van der Waals surface area (Å²) in [5.41, 5.74) is 0. The molecule has 0 N–H and O–H groups in total. The van der Waals surface area contributed by atoms with Gasteiger partial charge >= 0.3 is 11.9 Å². The second kappa shape index (κ2) is 50.4. The number of esters is 2. The van der Waals surface area contributed by atoms with Crippen LogP contribution in [0.5, 0.6) is 0 Å². The predicted octanol–water partition coefficient (Wildman–Crippen LogP) is 16.9. The van der Waals surface area contributed by atoms with Crippen molar-refractivity contribution in [2.24, 2.45) is 0 Å². The molecule has 1 atom stereocenters. The third kappa shape index (κ3) is 47.8. The van der Waals surface area contributed by atoms with Gasteiger partial charge in [-0.1, -0.05) is 221 Å². The zero-order valence-electron chi connectivity index (χ0n) is 39.5. The van der Waals surface area contributed by atoms with Gasteiger partial charge in [0.1, 0.15) is 6.61 Å². The number of rotatable bonds is 45. The highest BCUT2D eigenvalue weighted by Gasteiger charge is 2.17. The van der Waals surface area contributed by atoms with Crippen molar-refractivity contribution in [3.8, 4) is 0 Å². The van der Waals surface area contributed by atoms with Crippen molar-refractivity contribution in [2.75, 3.05) is 19.8 Å². The summed E-state index contributed by atoms with van der Waals surface area (Å²) in [6.07, 6.45) is 66.1. The Balaban J connectivity index is 4.41. The average Bonchev–Trinajstić information content (AvgIpc) is 3.25. The zero-order chi connectivity index (χ0) is 43.5. The van der Waals surface area contributed by atoms with E-state index in [-0.39, 0.29) is 31.6 Å². The molecule has 0 aromatic heterocycles. The van der Waals surface area contributed by atoms with Gasteiger partial charge in [-0.15, -0.1) is 0 Å². The smallest absolute Gasteiger partial charge is 0.309 e. The normalized spacial score (nSPS) is 12.9. The molecule has 0 aromatic carbocycles. The van der Waals surface area contributed by atoms with Crippen LogP contribution in [-0.2, 0) is 23.8 Å². The number of allylic oxidation sites excluding steroid dienone is 13. The molecule has 0 aliphatic heterocycles. The number of unbranched alkanes of at least 4 members (excludes halogenated alkanes) is 21. The van der Waals surface area contributed by atoms with Crippen LogP contribution in [0.4, 0.5) is 0 Å². The topological polar surface area (TPSA) is 61.8 Å². The highest BCUT2D eigenvalue weighted by Crippen LogP contribution is 2.14. The van der Waals surface area contributed by atoms with Crippen molar-refractivity contribution in [1.29, 1.82) is 0 Å². The maximum Gasteiger partial charge on any atom is 0.309 e. The number of ether oxygens (including phenoxy) is 3. The molecule has 5 heteroatoms. The lowest BCUT2D eigenvalue weighted by Gasteiger charge is -2.18. The van der Waals surface area contributed by atoms with Gasteiger partial charge in [-0.05, 0) is 77.0 Å². The summed E-state index contributed by atoms with van der Waals surface area (Å²) < 4.78 is 17.3. The summed E-state index contributed by atoms with van der Waals surface area (Å²) in [6, 6.07) is 0. The Kier molecular flexibility index (Phi) is 48.0. The van der Waals surface area contributed by atoms with Crippen LogP contribution in [0.15, 0.2) is 85.1 Å².